The Morgan fingerprint density at radius 3 is 2.92 bits per heavy atom. The van der Waals surface area contributed by atoms with E-state index in [1.807, 2.05) is 26.0 Å². The highest BCUT2D eigenvalue weighted by molar-refractivity contribution is 5.59. The Morgan fingerprint density at radius 2 is 2.16 bits per heavy atom. The zero-order chi connectivity index (χ0) is 17.2. The Bertz CT molecular complexity index is 874. The van der Waals surface area contributed by atoms with E-state index in [1.165, 1.54) is 0 Å². The zero-order valence-corrected chi connectivity index (χ0v) is 14.2. The predicted molar refractivity (Wildman–Crippen MR) is 93.8 cm³/mol. The minimum atomic E-state index is -0.0550. The van der Waals surface area contributed by atoms with E-state index in [1.54, 1.807) is 12.4 Å². The molecule has 3 aromatic rings. The van der Waals surface area contributed by atoms with Crippen molar-refractivity contribution in [3.8, 4) is 11.4 Å². The van der Waals surface area contributed by atoms with Gasteiger partial charge in [-0.15, -0.1) is 0 Å². The maximum atomic E-state index is 4.77. The van der Waals surface area contributed by atoms with Gasteiger partial charge in [-0.1, -0.05) is 0 Å². The van der Waals surface area contributed by atoms with Crippen LogP contribution >= 0.6 is 0 Å². The molecule has 0 saturated heterocycles. The van der Waals surface area contributed by atoms with E-state index in [-0.39, 0.29) is 6.04 Å². The van der Waals surface area contributed by atoms with E-state index in [2.05, 4.69) is 30.8 Å². The number of nitrogens with zero attached hydrogens (tertiary/aromatic N) is 5. The van der Waals surface area contributed by atoms with Crippen LogP contribution < -0.4 is 10.6 Å². The van der Waals surface area contributed by atoms with Gasteiger partial charge in [-0.2, -0.15) is 5.10 Å². The van der Waals surface area contributed by atoms with Crippen LogP contribution in [-0.2, 0) is 13.0 Å². The third-order valence-corrected chi connectivity index (χ3v) is 4.21. The molecule has 0 amide bonds. The molecule has 1 atom stereocenters. The summed E-state index contributed by atoms with van der Waals surface area (Å²) < 4.78 is 0. The van der Waals surface area contributed by atoms with Crippen molar-refractivity contribution in [2.75, 3.05) is 11.9 Å². The van der Waals surface area contributed by atoms with Crippen LogP contribution in [0.4, 0.5) is 5.82 Å². The number of nitrogens with one attached hydrogen (secondary N) is 3. The average Bonchev–Trinajstić information content (AvgIpc) is 3.09. The monoisotopic (exact) mass is 336 g/mol. The number of aromatic nitrogens is 6. The molecule has 8 heteroatoms. The van der Waals surface area contributed by atoms with Gasteiger partial charge in [0.05, 0.1) is 11.7 Å². The van der Waals surface area contributed by atoms with Gasteiger partial charge in [0.2, 0.25) is 0 Å². The van der Waals surface area contributed by atoms with Gasteiger partial charge in [-0.25, -0.2) is 15.0 Å². The summed E-state index contributed by atoms with van der Waals surface area (Å²) in [4.78, 5) is 18.1. The summed E-state index contributed by atoms with van der Waals surface area (Å²) in [5, 5.41) is 14.0. The molecule has 0 radical (unpaired) electrons. The zero-order valence-electron chi connectivity index (χ0n) is 14.2. The van der Waals surface area contributed by atoms with Crippen molar-refractivity contribution in [2.45, 2.75) is 32.9 Å². The molecule has 0 bridgehead atoms. The van der Waals surface area contributed by atoms with E-state index in [9.17, 15) is 0 Å². The first-order chi connectivity index (χ1) is 12.2. The maximum absolute atomic E-state index is 4.77. The minimum absolute atomic E-state index is 0.0550. The normalized spacial score (nSPS) is 14.8. The highest BCUT2D eigenvalue weighted by Gasteiger charge is 2.20. The van der Waals surface area contributed by atoms with Gasteiger partial charge in [0.15, 0.2) is 11.6 Å². The molecule has 25 heavy (non-hydrogen) atoms. The molecule has 0 fully saturated rings. The van der Waals surface area contributed by atoms with Crippen LogP contribution in [0.2, 0.25) is 0 Å². The Balaban J connectivity index is 1.72. The topological polar surface area (TPSA) is 104 Å². The number of aryl methyl sites for hydroxylation is 1. The van der Waals surface area contributed by atoms with Crippen LogP contribution in [-0.4, -0.2) is 36.7 Å². The molecule has 8 nitrogen and oxygen atoms in total. The van der Waals surface area contributed by atoms with Crippen LogP contribution in [0.1, 0.15) is 35.9 Å². The molecule has 0 spiro atoms. The van der Waals surface area contributed by atoms with Crippen LogP contribution in [0.5, 0.6) is 0 Å². The summed E-state index contributed by atoms with van der Waals surface area (Å²) >= 11 is 0. The second kappa shape index (κ2) is 6.56. The second-order valence-electron chi connectivity index (χ2n) is 6.13. The Kier molecular flexibility index (Phi) is 4.10. The van der Waals surface area contributed by atoms with E-state index in [0.717, 1.165) is 53.8 Å². The van der Waals surface area contributed by atoms with Crippen molar-refractivity contribution < 1.29 is 0 Å². The predicted octanol–water partition coefficient (Wildman–Crippen LogP) is 1.78. The molecule has 0 aliphatic carbocycles. The molecular weight excluding hydrogens is 316 g/mol. The van der Waals surface area contributed by atoms with Crippen molar-refractivity contribution in [1.29, 1.82) is 0 Å². The van der Waals surface area contributed by atoms with Crippen LogP contribution in [0.25, 0.3) is 11.4 Å². The van der Waals surface area contributed by atoms with Crippen molar-refractivity contribution >= 4 is 5.82 Å². The molecule has 0 unspecified atom stereocenters. The quantitative estimate of drug-likeness (QED) is 0.667. The summed E-state index contributed by atoms with van der Waals surface area (Å²) in [6, 6.07) is 3.81. The Hall–Kier alpha value is -2.87. The molecule has 0 aromatic carbocycles. The summed E-state index contributed by atoms with van der Waals surface area (Å²) in [6.07, 6.45) is 4.42. The molecular formula is C17H20N8. The third kappa shape index (κ3) is 3.20. The van der Waals surface area contributed by atoms with Gasteiger partial charge < -0.3 is 10.6 Å². The number of hydrogen-bond acceptors (Lipinski definition) is 7. The molecule has 1 aliphatic rings. The van der Waals surface area contributed by atoms with E-state index >= 15 is 0 Å². The molecule has 0 saturated carbocycles. The van der Waals surface area contributed by atoms with Crippen LogP contribution in [0, 0.1) is 6.92 Å². The van der Waals surface area contributed by atoms with Crippen molar-refractivity contribution in [1.82, 2.24) is 35.5 Å². The SMILES string of the molecule is Cc1nc([C@@H](C)Nc2nc(-c3cccnc3)nc3c2CCNC3)n[nH]1. The molecule has 1 aliphatic heterocycles. The van der Waals surface area contributed by atoms with Crippen LogP contribution in [0.3, 0.4) is 0 Å². The highest BCUT2D eigenvalue weighted by Crippen LogP contribution is 2.26. The molecule has 3 aromatic heterocycles. The summed E-state index contributed by atoms with van der Waals surface area (Å²) in [6.45, 7) is 5.59. The molecule has 3 N–H and O–H groups in total. The Labute approximate surface area is 145 Å². The van der Waals surface area contributed by atoms with E-state index in [4.69, 9.17) is 9.97 Å². The molecule has 4 rings (SSSR count). The highest BCUT2D eigenvalue weighted by atomic mass is 15.2. The number of rotatable bonds is 4. The van der Waals surface area contributed by atoms with Gasteiger partial charge in [-0.05, 0) is 38.9 Å². The van der Waals surface area contributed by atoms with Gasteiger partial charge in [0.1, 0.15) is 11.6 Å². The fourth-order valence-corrected chi connectivity index (χ4v) is 2.93. The number of aromatic amines is 1. The smallest absolute Gasteiger partial charge is 0.172 e. The summed E-state index contributed by atoms with van der Waals surface area (Å²) in [5.41, 5.74) is 3.09. The number of H-pyrrole nitrogens is 1. The molecule has 128 valence electrons. The number of fused-ring (bicyclic) bond motifs is 1. The van der Waals surface area contributed by atoms with Crippen LogP contribution in [0.15, 0.2) is 24.5 Å². The first kappa shape index (κ1) is 15.6. The standard InChI is InChI=1S/C17H20N8/c1-10(15-21-11(2)24-25-15)20-17-13-5-7-19-9-14(13)22-16(23-17)12-4-3-6-18-8-12/h3-4,6,8,10,19H,5,7,9H2,1-2H3,(H,20,22,23)(H,21,24,25)/t10-/m1/s1. The van der Waals surface area contributed by atoms with Gasteiger partial charge in [0.25, 0.3) is 0 Å². The second-order valence-corrected chi connectivity index (χ2v) is 6.13. The first-order valence-electron chi connectivity index (χ1n) is 8.37. The first-order valence-corrected chi connectivity index (χ1v) is 8.37. The summed E-state index contributed by atoms with van der Waals surface area (Å²) in [7, 11) is 0. The van der Waals surface area contributed by atoms with E-state index in [0.29, 0.717) is 5.82 Å². The van der Waals surface area contributed by atoms with Gasteiger partial charge in [-0.3, -0.25) is 10.1 Å². The van der Waals surface area contributed by atoms with Crippen molar-refractivity contribution in [3.05, 3.63) is 47.4 Å². The lowest BCUT2D eigenvalue weighted by molar-refractivity contribution is 0.623. The number of anilines is 1. The summed E-state index contributed by atoms with van der Waals surface area (Å²) in [5.74, 6) is 3.05. The maximum Gasteiger partial charge on any atom is 0.172 e. The number of hydrogen-bond donors (Lipinski definition) is 3. The largest absolute Gasteiger partial charge is 0.360 e. The molecule has 4 heterocycles. The lowest BCUT2D eigenvalue weighted by atomic mass is 10.1. The lowest BCUT2D eigenvalue weighted by Crippen LogP contribution is -2.27. The van der Waals surface area contributed by atoms with Crippen molar-refractivity contribution in [2.24, 2.45) is 0 Å². The van der Waals surface area contributed by atoms with E-state index < -0.39 is 0 Å². The minimum Gasteiger partial charge on any atom is -0.360 e. The van der Waals surface area contributed by atoms with Gasteiger partial charge >= 0.3 is 0 Å². The number of pyridine rings is 1. The third-order valence-electron chi connectivity index (χ3n) is 4.21. The lowest BCUT2D eigenvalue weighted by Gasteiger charge is -2.22. The van der Waals surface area contributed by atoms with Gasteiger partial charge in [0, 0.05) is 30.1 Å². The average molecular weight is 336 g/mol. The fraction of sp³-hybridized carbons (Fsp3) is 0.353. The Morgan fingerprint density at radius 1 is 1.24 bits per heavy atom. The fourth-order valence-electron chi connectivity index (χ4n) is 2.93. The van der Waals surface area contributed by atoms with Crippen molar-refractivity contribution in [3.63, 3.8) is 0 Å².